The fourth-order valence-corrected chi connectivity index (χ4v) is 2.57. The van der Waals surface area contributed by atoms with Crippen molar-refractivity contribution in [2.75, 3.05) is 25.0 Å². The molecule has 1 saturated heterocycles. The molecule has 3 amide bonds. The normalized spacial score (nSPS) is 13.8. The lowest BCUT2D eigenvalue weighted by atomic mass is 10.2. The standard InChI is InChI=1S/C18H15F3N4O4/c19-18(20,21)11-3-1-4-12(9-11)24-15-13(5-2-6-22-15)16(27)29-10-14(26)25-8-7-23-17(25)28/h1-6,9H,7-8,10H2,(H,22,24)(H,23,28). The molecule has 0 atom stereocenters. The molecule has 1 aromatic heterocycles. The molecule has 2 aromatic rings. The maximum Gasteiger partial charge on any atom is 0.416 e. The molecule has 8 nitrogen and oxygen atoms in total. The second-order valence-electron chi connectivity index (χ2n) is 5.96. The number of anilines is 2. The Morgan fingerprint density at radius 3 is 2.72 bits per heavy atom. The minimum atomic E-state index is -4.52. The minimum Gasteiger partial charge on any atom is -0.452 e. The van der Waals surface area contributed by atoms with Gasteiger partial charge in [0.1, 0.15) is 11.4 Å². The van der Waals surface area contributed by atoms with Crippen LogP contribution in [-0.4, -0.2) is 47.5 Å². The quantitative estimate of drug-likeness (QED) is 0.738. The molecule has 0 saturated carbocycles. The fourth-order valence-electron chi connectivity index (χ4n) is 2.57. The van der Waals surface area contributed by atoms with Crippen LogP contribution in [0.3, 0.4) is 0 Å². The highest BCUT2D eigenvalue weighted by Crippen LogP contribution is 2.31. The number of nitrogens with zero attached hydrogens (tertiary/aromatic N) is 2. The number of aromatic nitrogens is 1. The number of carbonyl (C=O) groups is 3. The maximum absolute atomic E-state index is 12.9. The first-order valence-corrected chi connectivity index (χ1v) is 8.40. The highest BCUT2D eigenvalue weighted by molar-refractivity contribution is 5.99. The Balaban J connectivity index is 1.71. The van der Waals surface area contributed by atoms with Gasteiger partial charge in [0.05, 0.1) is 5.56 Å². The number of nitrogens with one attached hydrogen (secondary N) is 2. The van der Waals surface area contributed by atoms with Crippen LogP contribution in [0.1, 0.15) is 15.9 Å². The maximum atomic E-state index is 12.9. The lowest BCUT2D eigenvalue weighted by Gasteiger charge is -2.14. The van der Waals surface area contributed by atoms with Gasteiger partial charge in [-0.15, -0.1) is 0 Å². The Morgan fingerprint density at radius 2 is 2.03 bits per heavy atom. The molecule has 1 fully saturated rings. The Kier molecular flexibility index (Phi) is 5.66. The van der Waals surface area contributed by atoms with Gasteiger partial charge >= 0.3 is 18.2 Å². The molecule has 1 aromatic carbocycles. The molecule has 0 spiro atoms. The van der Waals surface area contributed by atoms with Crippen molar-refractivity contribution >= 4 is 29.4 Å². The van der Waals surface area contributed by atoms with E-state index >= 15 is 0 Å². The van der Waals surface area contributed by atoms with Crippen LogP contribution in [0, 0.1) is 0 Å². The zero-order valence-corrected chi connectivity index (χ0v) is 14.8. The Labute approximate surface area is 162 Å². The summed E-state index contributed by atoms with van der Waals surface area (Å²) < 4.78 is 43.5. The molecule has 3 rings (SSSR count). The van der Waals surface area contributed by atoms with E-state index < -0.39 is 36.3 Å². The van der Waals surface area contributed by atoms with Gasteiger partial charge in [-0.25, -0.2) is 14.6 Å². The summed E-state index contributed by atoms with van der Waals surface area (Å²) in [5.74, 6) is -1.65. The number of carbonyl (C=O) groups excluding carboxylic acids is 3. The highest BCUT2D eigenvalue weighted by Gasteiger charge is 2.30. The molecule has 29 heavy (non-hydrogen) atoms. The van der Waals surface area contributed by atoms with E-state index in [4.69, 9.17) is 4.74 Å². The average Bonchev–Trinajstić information content (AvgIpc) is 3.12. The number of rotatable bonds is 5. The predicted molar refractivity (Wildman–Crippen MR) is 94.4 cm³/mol. The largest absolute Gasteiger partial charge is 0.452 e. The Morgan fingerprint density at radius 1 is 1.24 bits per heavy atom. The molecule has 1 aliphatic heterocycles. The van der Waals surface area contributed by atoms with Crippen LogP contribution in [-0.2, 0) is 15.7 Å². The molecule has 0 bridgehead atoms. The van der Waals surface area contributed by atoms with Crippen LogP contribution in [0.5, 0.6) is 0 Å². The summed E-state index contributed by atoms with van der Waals surface area (Å²) in [6.45, 7) is -0.180. The zero-order valence-electron chi connectivity index (χ0n) is 14.8. The number of ether oxygens (including phenoxy) is 1. The summed E-state index contributed by atoms with van der Waals surface area (Å²) >= 11 is 0. The summed E-state index contributed by atoms with van der Waals surface area (Å²) in [6, 6.07) is 6.60. The van der Waals surface area contributed by atoms with Gasteiger partial charge in [-0.2, -0.15) is 13.2 Å². The van der Waals surface area contributed by atoms with Gasteiger partial charge in [-0.1, -0.05) is 6.07 Å². The van der Waals surface area contributed by atoms with Gasteiger partial charge in [0.25, 0.3) is 5.91 Å². The third-order valence-electron chi connectivity index (χ3n) is 3.96. The van der Waals surface area contributed by atoms with Crippen LogP contribution in [0.4, 0.5) is 29.5 Å². The molecule has 11 heteroatoms. The summed E-state index contributed by atoms with van der Waals surface area (Å²) in [4.78, 5) is 40.6. The van der Waals surface area contributed by atoms with Crippen LogP contribution < -0.4 is 10.6 Å². The number of hydrogen-bond acceptors (Lipinski definition) is 6. The Bertz CT molecular complexity index is 949. The van der Waals surface area contributed by atoms with Crippen molar-refractivity contribution in [3.8, 4) is 0 Å². The summed E-state index contributed by atoms with van der Waals surface area (Å²) in [7, 11) is 0. The molecule has 1 aliphatic rings. The number of urea groups is 1. The van der Waals surface area contributed by atoms with E-state index in [-0.39, 0.29) is 23.6 Å². The first-order chi connectivity index (χ1) is 13.8. The summed E-state index contributed by atoms with van der Waals surface area (Å²) in [5.41, 5.74) is -0.877. The van der Waals surface area contributed by atoms with E-state index in [9.17, 15) is 27.6 Å². The number of benzene rings is 1. The fraction of sp³-hybridized carbons (Fsp3) is 0.222. The van der Waals surface area contributed by atoms with Crippen molar-refractivity contribution in [1.82, 2.24) is 15.2 Å². The summed E-state index contributed by atoms with van der Waals surface area (Å²) in [5, 5.41) is 5.09. The third-order valence-corrected chi connectivity index (χ3v) is 3.96. The molecule has 0 radical (unpaired) electrons. The SMILES string of the molecule is O=C(OCC(=O)N1CCNC1=O)c1cccnc1Nc1cccc(C(F)(F)F)c1. The average molecular weight is 408 g/mol. The van der Waals surface area contributed by atoms with Crippen molar-refractivity contribution in [1.29, 1.82) is 0 Å². The molecular weight excluding hydrogens is 393 g/mol. The van der Waals surface area contributed by atoms with Gasteiger partial charge in [-0.3, -0.25) is 9.69 Å². The van der Waals surface area contributed by atoms with Gasteiger partial charge in [0.2, 0.25) is 0 Å². The molecule has 2 heterocycles. The van der Waals surface area contributed by atoms with Gasteiger partial charge in [0.15, 0.2) is 6.61 Å². The lowest BCUT2D eigenvalue weighted by molar-refractivity contribution is -0.137. The summed E-state index contributed by atoms with van der Waals surface area (Å²) in [6.07, 6.45) is -3.18. The van der Waals surface area contributed by atoms with Gasteiger partial charge in [0, 0.05) is 25.0 Å². The van der Waals surface area contributed by atoms with Gasteiger partial charge < -0.3 is 15.4 Å². The van der Waals surface area contributed by atoms with E-state index in [2.05, 4.69) is 15.6 Å². The number of pyridine rings is 1. The number of halogens is 3. The van der Waals surface area contributed by atoms with Crippen LogP contribution in [0.25, 0.3) is 0 Å². The monoisotopic (exact) mass is 408 g/mol. The van der Waals surface area contributed by atoms with E-state index in [1.807, 2.05) is 0 Å². The number of esters is 1. The second-order valence-corrected chi connectivity index (χ2v) is 5.96. The highest BCUT2D eigenvalue weighted by atomic mass is 19.4. The number of amides is 3. The van der Waals surface area contributed by atoms with Crippen LogP contribution >= 0.6 is 0 Å². The lowest BCUT2D eigenvalue weighted by Crippen LogP contribution is -2.37. The van der Waals surface area contributed by atoms with Crippen molar-refractivity contribution in [3.63, 3.8) is 0 Å². The molecule has 0 unspecified atom stereocenters. The predicted octanol–water partition coefficient (Wildman–Crippen LogP) is 2.55. The topological polar surface area (TPSA) is 101 Å². The molecule has 152 valence electrons. The van der Waals surface area contributed by atoms with E-state index in [1.165, 1.54) is 30.5 Å². The van der Waals surface area contributed by atoms with Crippen LogP contribution in [0.2, 0.25) is 0 Å². The minimum absolute atomic E-state index is 0.0387. The van der Waals surface area contributed by atoms with Crippen molar-refractivity contribution in [2.24, 2.45) is 0 Å². The zero-order chi connectivity index (χ0) is 21.0. The van der Waals surface area contributed by atoms with Crippen molar-refractivity contribution in [3.05, 3.63) is 53.7 Å². The second kappa shape index (κ2) is 8.17. The first kappa shape index (κ1) is 20.1. The third kappa shape index (κ3) is 4.81. The smallest absolute Gasteiger partial charge is 0.416 e. The van der Waals surface area contributed by atoms with Crippen molar-refractivity contribution < 1.29 is 32.3 Å². The Hall–Kier alpha value is -3.63. The van der Waals surface area contributed by atoms with Crippen molar-refractivity contribution in [2.45, 2.75) is 6.18 Å². The number of hydrogen-bond donors (Lipinski definition) is 2. The molecule has 0 aliphatic carbocycles. The number of imide groups is 1. The van der Waals surface area contributed by atoms with Gasteiger partial charge in [-0.05, 0) is 30.3 Å². The number of alkyl halides is 3. The van der Waals surface area contributed by atoms with E-state index in [0.29, 0.717) is 6.54 Å². The van der Waals surface area contributed by atoms with Crippen LogP contribution in [0.15, 0.2) is 42.6 Å². The first-order valence-electron chi connectivity index (χ1n) is 8.40. The van der Waals surface area contributed by atoms with E-state index in [0.717, 1.165) is 17.0 Å². The molecule has 2 N–H and O–H groups in total. The van der Waals surface area contributed by atoms with E-state index in [1.54, 1.807) is 0 Å². The molecular formula is C18H15F3N4O4.